The van der Waals surface area contributed by atoms with Gasteiger partial charge in [-0.25, -0.2) is 4.98 Å². The summed E-state index contributed by atoms with van der Waals surface area (Å²) in [6, 6.07) is 6.48. The van der Waals surface area contributed by atoms with Gasteiger partial charge in [0.25, 0.3) is 0 Å². The molecule has 1 atom stereocenters. The maximum absolute atomic E-state index is 4.67. The van der Waals surface area contributed by atoms with Gasteiger partial charge < -0.3 is 10.2 Å². The van der Waals surface area contributed by atoms with Crippen molar-refractivity contribution in [3.05, 3.63) is 23.8 Å². The van der Waals surface area contributed by atoms with Crippen LogP contribution in [-0.2, 0) is 0 Å². The molecule has 1 saturated heterocycles. The molecule has 1 unspecified atom stereocenters. The molecule has 0 saturated carbocycles. The highest BCUT2D eigenvalue weighted by Crippen LogP contribution is 2.26. The number of nitrogens with zero attached hydrogens (tertiary/aromatic N) is 2. The highest BCUT2D eigenvalue weighted by atomic mass is 32.1. The first kappa shape index (κ1) is 13.8. The Morgan fingerprint density at radius 1 is 1.35 bits per heavy atom. The second-order valence-corrected chi connectivity index (χ2v) is 7.01. The maximum atomic E-state index is 4.67. The number of fused-ring (bicyclic) bond motifs is 1. The Labute approximate surface area is 125 Å². The van der Waals surface area contributed by atoms with Gasteiger partial charge in [0.15, 0.2) is 5.13 Å². The van der Waals surface area contributed by atoms with E-state index in [-0.39, 0.29) is 0 Å². The van der Waals surface area contributed by atoms with Crippen molar-refractivity contribution in [3.63, 3.8) is 0 Å². The smallest absolute Gasteiger partial charge is 0.183 e. The van der Waals surface area contributed by atoms with Gasteiger partial charge in [-0.05, 0) is 56.5 Å². The maximum Gasteiger partial charge on any atom is 0.183 e. The molecule has 1 aliphatic rings. The number of benzene rings is 1. The molecule has 1 aliphatic heterocycles. The molecule has 1 fully saturated rings. The molecule has 20 heavy (non-hydrogen) atoms. The fourth-order valence-electron chi connectivity index (χ4n) is 2.85. The zero-order chi connectivity index (χ0) is 13.9. The average molecular weight is 289 g/mol. The van der Waals surface area contributed by atoms with Crippen molar-refractivity contribution in [2.75, 3.05) is 31.5 Å². The van der Waals surface area contributed by atoms with Crippen molar-refractivity contribution in [1.82, 2.24) is 9.88 Å². The molecular formula is C16H23N3S. The van der Waals surface area contributed by atoms with E-state index in [1.165, 1.54) is 42.7 Å². The number of aromatic nitrogens is 1. The largest absolute Gasteiger partial charge is 0.361 e. The molecule has 1 aromatic heterocycles. The Kier molecular flexibility index (Phi) is 4.22. The number of hydrogen-bond acceptors (Lipinski definition) is 4. The molecule has 108 valence electrons. The number of thiazole rings is 1. The fraction of sp³-hybridized carbons (Fsp3) is 0.562. The van der Waals surface area contributed by atoms with Gasteiger partial charge in [0.05, 0.1) is 10.2 Å². The van der Waals surface area contributed by atoms with Crippen molar-refractivity contribution in [2.45, 2.75) is 26.7 Å². The Balaban J connectivity index is 1.56. The lowest BCUT2D eigenvalue weighted by Gasteiger charge is -2.20. The van der Waals surface area contributed by atoms with E-state index >= 15 is 0 Å². The van der Waals surface area contributed by atoms with Gasteiger partial charge in [0.1, 0.15) is 0 Å². The molecule has 2 aromatic rings. The topological polar surface area (TPSA) is 28.2 Å². The molecule has 2 heterocycles. The molecule has 3 nitrogen and oxygen atoms in total. The number of aryl methyl sites for hydroxylation is 1. The molecule has 0 radical (unpaired) electrons. The first-order chi connectivity index (χ1) is 9.70. The summed E-state index contributed by atoms with van der Waals surface area (Å²) in [5, 5.41) is 4.56. The summed E-state index contributed by atoms with van der Waals surface area (Å²) in [6.45, 7) is 9.22. The Morgan fingerprint density at radius 2 is 2.15 bits per heavy atom. The van der Waals surface area contributed by atoms with Crippen molar-refractivity contribution >= 4 is 26.7 Å². The van der Waals surface area contributed by atoms with E-state index in [2.05, 4.69) is 47.2 Å². The van der Waals surface area contributed by atoms with Crippen LogP contribution in [0.15, 0.2) is 18.2 Å². The van der Waals surface area contributed by atoms with Gasteiger partial charge in [0.2, 0.25) is 0 Å². The van der Waals surface area contributed by atoms with Crippen LogP contribution in [0, 0.1) is 12.8 Å². The minimum Gasteiger partial charge on any atom is -0.361 e. The van der Waals surface area contributed by atoms with Crippen LogP contribution in [0.5, 0.6) is 0 Å². The molecular weight excluding hydrogens is 266 g/mol. The van der Waals surface area contributed by atoms with Gasteiger partial charge in [-0.15, -0.1) is 0 Å². The first-order valence-corrected chi connectivity index (χ1v) is 8.36. The lowest BCUT2D eigenvalue weighted by molar-refractivity contribution is 0.294. The molecule has 0 spiro atoms. The summed E-state index contributed by atoms with van der Waals surface area (Å²) in [5.41, 5.74) is 2.39. The molecule has 0 amide bonds. The average Bonchev–Trinajstić information content (AvgIpc) is 3.04. The lowest BCUT2D eigenvalue weighted by Crippen LogP contribution is -2.28. The van der Waals surface area contributed by atoms with Gasteiger partial charge in [-0.2, -0.15) is 0 Å². The number of anilines is 1. The Morgan fingerprint density at radius 3 is 2.95 bits per heavy atom. The van der Waals surface area contributed by atoms with Crippen LogP contribution >= 0.6 is 11.3 Å². The standard InChI is InChI=1S/C16H23N3S/c1-12-5-6-15-14(9-12)18-16(20-15)17-10-13(2)11-19-7-3-4-8-19/h5-6,9,13H,3-4,7-8,10-11H2,1-2H3,(H,17,18). The quantitative estimate of drug-likeness (QED) is 0.908. The van der Waals surface area contributed by atoms with E-state index in [0.29, 0.717) is 5.92 Å². The van der Waals surface area contributed by atoms with Crippen LogP contribution in [0.2, 0.25) is 0 Å². The first-order valence-electron chi connectivity index (χ1n) is 7.54. The molecule has 4 heteroatoms. The van der Waals surface area contributed by atoms with Crippen LogP contribution in [0.25, 0.3) is 10.2 Å². The van der Waals surface area contributed by atoms with Gasteiger partial charge in [-0.1, -0.05) is 24.3 Å². The van der Waals surface area contributed by atoms with Gasteiger partial charge in [0, 0.05) is 13.1 Å². The van der Waals surface area contributed by atoms with Crippen LogP contribution < -0.4 is 5.32 Å². The zero-order valence-electron chi connectivity index (χ0n) is 12.4. The van der Waals surface area contributed by atoms with Gasteiger partial charge >= 0.3 is 0 Å². The van der Waals surface area contributed by atoms with Crippen LogP contribution in [0.4, 0.5) is 5.13 Å². The van der Waals surface area contributed by atoms with E-state index in [1.807, 2.05) is 0 Å². The zero-order valence-corrected chi connectivity index (χ0v) is 13.2. The minimum atomic E-state index is 0.668. The van der Waals surface area contributed by atoms with Crippen molar-refractivity contribution in [3.8, 4) is 0 Å². The summed E-state index contributed by atoms with van der Waals surface area (Å²) in [5.74, 6) is 0.668. The summed E-state index contributed by atoms with van der Waals surface area (Å²) < 4.78 is 1.27. The SMILES string of the molecule is Cc1ccc2sc(NCC(C)CN3CCCC3)nc2c1. The monoisotopic (exact) mass is 289 g/mol. The molecule has 1 N–H and O–H groups in total. The third kappa shape index (κ3) is 3.30. The van der Waals surface area contributed by atoms with Crippen LogP contribution in [0.1, 0.15) is 25.3 Å². The van der Waals surface area contributed by atoms with Crippen molar-refractivity contribution < 1.29 is 0 Å². The summed E-state index contributed by atoms with van der Waals surface area (Å²) >= 11 is 1.75. The molecule has 0 bridgehead atoms. The van der Waals surface area contributed by atoms with Gasteiger partial charge in [-0.3, -0.25) is 0 Å². The summed E-state index contributed by atoms with van der Waals surface area (Å²) in [4.78, 5) is 7.25. The van der Waals surface area contributed by atoms with E-state index in [9.17, 15) is 0 Å². The normalized spacial score (nSPS) is 17.7. The van der Waals surface area contributed by atoms with E-state index < -0.39 is 0 Å². The summed E-state index contributed by atoms with van der Waals surface area (Å²) in [6.07, 6.45) is 2.74. The van der Waals surface area contributed by atoms with E-state index in [1.54, 1.807) is 11.3 Å². The van der Waals surface area contributed by atoms with E-state index in [4.69, 9.17) is 0 Å². The van der Waals surface area contributed by atoms with Crippen molar-refractivity contribution in [1.29, 1.82) is 0 Å². The molecule has 1 aromatic carbocycles. The predicted molar refractivity (Wildman–Crippen MR) is 87.7 cm³/mol. The Bertz CT molecular complexity index is 572. The van der Waals surface area contributed by atoms with E-state index in [0.717, 1.165) is 17.2 Å². The molecule has 0 aliphatic carbocycles. The fourth-order valence-corrected chi connectivity index (χ4v) is 3.70. The Hall–Kier alpha value is -1.13. The lowest BCUT2D eigenvalue weighted by atomic mass is 10.1. The second kappa shape index (κ2) is 6.10. The van der Waals surface area contributed by atoms with Crippen molar-refractivity contribution in [2.24, 2.45) is 5.92 Å². The third-order valence-electron chi connectivity index (χ3n) is 3.91. The predicted octanol–water partition coefficient (Wildman–Crippen LogP) is 3.75. The van der Waals surface area contributed by atoms with Crippen LogP contribution in [0.3, 0.4) is 0 Å². The summed E-state index contributed by atoms with van der Waals surface area (Å²) in [7, 11) is 0. The number of hydrogen-bond donors (Lipinski definition) is 1. The van der Waals surface area contributed by atoms with Crippen LogP contribution in [-0.4, -0.2) is 36.1 Å². The second-order valence-electron chi connectivity index (χ2n) is 5.98. The number of nitrogens with one attached hydrogen (secondary N) is 1. The minimum absolute atomic E-state index is 0.668. The highest BCUT2D eigenvalue weighted by molar-refractivity contribution is 7.22. The highest BCUT2D eigenvalue weighted by Gasteiger charge is 2.14. The molecule has 3 rings (SSSR count). The number of rotatable bonds is 5. The number of likely N-dealkylation sites (tertiary alicyclic amines) is 1. The third-order valence-corrected chi connectivity index (χ3v) is 4.91.